The second kappa shape index (κ2) is 9.30. The summed E-state index contributed by atoms with van der Waals surface area (Å²) in [6.07, 6.45) is 1.03. The molecule has 2 N–H and O–H groups in total. The lowest BCUT2D eigenvalue weighted by Gasteiger charge is -2.23. The van der Waals surface area contributed by atoms with Gasteiger partial charge < -0.3 is 10.4 Å². The number of hydrogen-bond donors (Lipinski definition) is 2. The molecule has 0 aliphatic rings. The van der Waals surface area contributed by atoms with Gasteiger partial charge in [0.2, 0.25) is 5.91 Å². The summed E-state index contributed by atoms with van der Waals surface area (Å²) in [5.74, 6) is 0.923. The predicted octanol–water partition coefficient (Wildman–Crippen LogP) is 0.651. The summed E-state index contributed by atoms with van der Waals surface area (Å²) in [6.45, 7) is 4.12. The summed E-state index contributed by atoms with van der Waals surface area (Å²) in [7, 11) is 1.88. The Morgan fingerprint density at radius 1 is 1.47 bits per heavy atom. The number of carboxylic acids is 1. The molecule has 17 heavy (non-hydrogen) atoms. The summed E-state index contributed by atoms with van der Waals surface area (Å²) < 4.78 is 0. The lowest BCUT2D eigenvalue weighted by molar-refractivity contribution is -0.138. The monoisotopic (exact) mass is 262 g/mol. The molecule has 0 aliphatic carbocycles. The number of nitrogens with zero attached hydrogens (tertiary/aromatic N) is 1. The van der Waals surface area contributed by atoms with Gasteiger partial charge in [-0.05, 0) is 31.9 Å². The van der Waals surface area contributed by atoms with E-state index in [4.69, 9.17) is 5.11 Å². The Kier molecular flexibility index (Phi) is 8.89. The van der Waals surface area contributed by atoms with Crippen LogP contribution in [0.1, 0.15) is 20.3 Å². The first-order chi connectivity index (χ1) is 7.97. The third-order valence-corrected chi connectivity index (χ3v) is 3.40. The number of carboxylic acid groups (broad SMARTS) is 1. The zero-order valence-corrected chi connectivity index (χ0v) is 11.5. The Morgan fingerprint density at radius 3 is 2.65 bits per heavy atom. The van der Waals surface area contributed by atoms with Crippen LogP contribution < -0.4 is 5.32 Å². The molecular weight excluding hydrogens is 240 g/mol. The van der Waals surface area contributed by atoms with Gasteiger partial charge in [0.25, 0.3) is 0 Å². The van der Waals surface area contributed by atoms with Crippen LogP contribution in [0, 0.1) is 0 Å². The van der Waals surface area contributed by atoms with Gasteiger partial charge in [-0.25, -0.2) is 0 Å². The SMILES string of the molecule is CCSCCC(C)N(C)CC(=O)NCC(=O)O. The lowest BCUT2D eigenvalue weighted by atomic mass is 10.2. The molecular formula is C11H22N2O3S. The van der Waals surface area contributed by atoms with Crippen molar-refractivity contribution in [1.29, 1.82) is 0 Å². The molecule has 0 saturated heterocycles. The molecule has 100 valence electrons. The Hall–Kier alpha value is -0.750. The van der Waals surface area contributed by atoms with Crippen LogP contribution in [0.2, 0.25) is 0 Å². The number of nitrogens with one attached hydrogen (secondary N) is 1. The van der Waals surface area contributed by atoms with Crippen LogP contribution in [-0.4, -0.2) is 59.6 Å². The van der Waals surface area contributed by atoms with E-state index < -0.39 is 5.97 Å². The minimum Gasteiger partial charge on any atom is -0.480 e. The average Bonchev–Trinajstić information content (AvgIpc) is 2.26. The van der Waals surface area contributed by atoms with E-state index in [9.17, 15) is 9.59 Å². The Bertz CT molecular complexity index is 249. The second-order valence-electron chi connectivity index (χ2n) is 3.92. The fourth-order valence-electron chi connectivity index (χ4n) is 1.23. The zero-order valence-electron chi connectivity index (χ0n) is 10.7. The molecule has 5 nitrogen and oxygen atoms in total. The number of amides is 1. The van der Waals surface area contributed by atoms with Gasteiger partial charge in [-0.2, -0.15) is 11.8 Å². The molecule has 0 heterocycles. The van der Waals surface area contributed by atoms with Crippen LogP contribution in [0.4, 0.5) is 0 Å². The first-order valence-electron chi connectivity index (χ1n) is 5.73. The van der Waals surface area contributed by atoms with Crippen molar-refractivity contribution in [3.63, 3.8) is 0 Å². The van der Waals surface area contributed by atoms with Gasteiger partial charge in [-0.3, -0.25) is 14.5 Å². The zero-order chi connectivity index (χ0) is 13.3. The van der Waals surface area contributed by atoms with Gasteiger partial charge in [0.05, 0.1) is 6.54 Å². The second-order valence-corrected chi connectivity index (χ2v) is 5.31. The highest BCUT2D eigenvalue weighted by Gasteiger charge is 2.13. The molecule has 0 radical (unpaired) electrons. The topological polar surface area (TPSA) is 69.6 Å². The van der Waals surface area contributed by atoms with Crippen molar-refractivity contribution in [2.75, 3.05) is 31.6 Å². The largest absolute Gasteiger partial charge is 0.480 e. The molecule has 6 heteroatoms. The Labute approximate surface area is 107 Å². The number of rotatable bonds is 9. The van der Waals surface area contributed by atoms with Crippen molar-refractivity contribution in [2.24, 2.45) is 0 Å². The van der Waals surface area contributed by atoms with Gasteiger partial charge >= 0.3 is 5.97 Å². The molecule has 0 aromatic carbocycles. The minimum atomic E-state index is -1.02. The van der Waals surface area contributed by atoms with E-state index in [0.29, 0.717) is 6.04 Å². The molecule has 0 aromatic rings. The van der Waals surface area contributed by atoms with Crippen molar-refractivity contribution >= 4 is 23.6 Å². The maximum Gasteiger partial charge on any atom is 0.322 e. The molecule has 0 fully saturated rings. The number of likely N-dealkylation sites (N-methyl/N-ethyl adjacent to an activating group) is 1. The quantitative estimate of drug-likeness (QED) is 0.597. The van der Waals surface area contributed by atoms with Crippen molar-refractivity contribution < 1.29 is 14.7 Å². The van der Waals surface area contributed by atoms with Crippen LogP contribution >= 0.6 is 11.8 Å². The van der Waals surface area contributed by atoms with E-state index in [-0.39, 0.29) is 19.0 Å². The fourth-order valence-corrected chi connectivity index (χ4v) is 2.03. The van der Waals surface area contributed by atoms with E-state index in [1.54, 1.807) is 0 Å². The van der Waals surface area contributed by atoms with Crippen LogP contribution in [0.3, 0.4) is 0 Å². The molecule has 0 rings (SSSR count). The third-order valence-electron chi connectivity index (χ3n) is 2.47. The predicted molar refractivity (Wildman–Crippen MR) is 70.4 cm³/mol. The Morgan fingerprint density at radius 2 is 2.12 bits per heavy atom. The number of thioether (sulfide) groups is 1. The molecule has 0 saturated carbocycles. The molecule has 0 spiro atoms. The summed E-state index contributed by atoms with van der Waals surface area (Å²) >= 11 is 1.88. The van der Waals surface area contributed by atoms with Crippen molar-refractivity contribution in [3.05, 3.63) is 0 Å². The van der Waals surface area contributed by atoms with Crippen LogP contribution in [0.25, 0.3) is 0 Å². The molecule has 0 aliphatic heterocycles. The lowest BCUT2D eigenvalue weighted by Crippen LogP contribution is -2.41. The summed E-state index contributed by atoms with van der Waals surface area (Å²) in [5, 5.41) is 10.8. The maximum absolute atomic E-state index is 11.4. The van der Waals surface area contributed by atoms with E-state index in [1.807, 2.05) is 23.7 Å². The normalized spacial score (nSPS) is 12.5. The number of carbonyl (C=O) groups excluding carboxylic acids is 1. The highest BCUT2D eigenvalue weighted by atomic mass is 32.2. The van der Waals surface area contributed by atoms with Crippen LogP contribution in [-0.2, 0) is 9.59 Å². The van der Waals surface area contributed by atoms with Crippen molar-refractivity contribution in [1.82, 2.24) is 10.2 Å². The molecule has 0 aromatic heterocycles. The van der Waals surface area contributed by atoms with E-state index in [2.05, 4.69) is 19.2 Å². The summed E-state index contributed by atoms with van der Waals surface area (Å²) in [5.41, 5.74) is 0. The minimum absolute atomic E-state index is 0.241. The summed E-state index contributed by atoms with van der Waals surface area (Å²) in [4.78, 5) is 23.6. The van der Waals surface area contributed by atoms with Gasteiger partial charge in [0.1, 0.15) is 6.54 Å². The van der Waals surface area contributed by atoms with Crippen LogP contribution in [0.15, 0.2) is 0 Å². The first kappa shape index (κ1) is 16.2. The van der Waals surface area contributed by atoms with Gasteiger partial charge in [0, 0.05) is 6.04 Å². The first-order valence-corrected chi connectivity index (χ1v) is 6.89. The molecule has 0 bridgehead atoms. The highest BCUT2D eigenvalue weighted by molar-refractivity contribution is 7.99. The van der Waals surface area contributed by atoms with E-state index in [0.717, 1.165) is 17.9 Å². The fraction of sp³-hybridized carbons (Fsp3) is 0.818. The highest BCUT2D eigenvalue weighted by Crippen LogP contribution is 2.07. The van der Waals surface area contributed by atoms with E-state index in [1.165, 1.54) is 0 Å². The van der Waals surface area contributed by atoms with Gasteiger partial charge in [-0.1, -0.05) is 6.92 Å². The Balaban J connectivity index is 3.77. The van der Waals surface area contributed by atoms with Gasteiger partial charge in [-0.15, -0.1) is 0 Å². The molecule has 1 atom stereocenters. The molecule has 1 amide bonds. The van der Waals surface area contributed by atoms with Crippen molar-refractivity contribution in [2.45, 2.75) is 26.3 Å². The number of aliphatic carboxylic acids is 1. The van der Waals surface area contributed by atoms with Crippen molar-refractivity contribution in [3.8, 4) is 0 Å². The molecule has 1 unspecified atom stereocenters. The maximum atomic E-state index is 11.4. The summed E-state index contributed by atoms with van der Waals surface area (Å²) in [6, 6.07) is 0.324. The number of hydrogen-bond acceptors (Lipinski definition) is 4. The number of carbonyl (C=O) groups is 2. The standard InChI is InChI=1S/C11H22N2O3S/c1-4-17-6-5-9(2)13(3)8-10(14)12-7-11(15)16/h9H,4-8H2,1-3H3,(H,12,14)(H,15,16). The smallest absolute Gasteiger partial charge is 0.322 e. The average molecular weight is 262 g/mol. The van der Waals surface area contributed by atoms with Gasteiger partial charge in [0.15, 0.2) is 0 Å². The van der Waals surface area contributed by atoms with E-state index >= 15 is 0 Å². The third kappa shape index (κ3) is 9.00. The van der Waals surface area contributed by atoms with Crippen LogP contribution in [0.5, 0.6) is 0 Å².